The lowest BCUT2D eigenvalue weighted by atomic mass is 9.98. The van der Waals surface area contributed by atoms with Gasteiger partial charge < -0.3 is 9.64 Å². The monoisotopic (exact) mass is 468 g/mol. The van der Waals surface area contributed by atoms with Crippen LogP contribution in [0.5, 0.6) is 0 Å². The number of urea groups is 1. The van der Waals surface area contributed by atoms with Crippen LogP contribution in [-0.4, -0.2) is 53.2 Å². The van der Waals surface area contributed by atoms with Crippen LogP contribution in [0.2, 0.25) is 0 Å². The van der Waals surface area contributed by atoms with Gasteiger partial charge in [-0.25, -0.2) is 9.59 Å². The van der Waals surface area contributed by atoms with Crippen molar-refractivity contribution in [3.05, 3.63) is 83.7 Å². The number of aromatic nitrogens is 2. The molecule has 1 saturated heterocycles. The smallest absolute Gasteiger partial charge is 0.345 e. The summed E-state index contributed by atoms with van der Waals surface area (Å²) in [5.41, 5.74) is 1.42. The third-order valence-corrected chi connectivity index (χ3v) is 7.24. The summed E-state index contributed by atoms with van der Waals surface area (Å²) in [5.74, 6) is -0.713. The van der Waals surface area contributed by atoms with Gasteiger partial charge in [0.05, 0.1) is 18.6 Å². The quantitative estimate of drug-likeness (QED) is 0.510. The first-order chi connectivity index (χ1) is 15.9. The van der Waals surface area contributed by atoms with E-state index in [1.54, 1.807) is 18.2 Å². The number of fused-ring (bicyclic) bond motifs is 4. The van der Waals surface area contributed by atoms with Crippen LogP contribution in [0.25, 0.3) is 0 Å². The van der Waals surface area contributed by atoms with Crippen LogP contribution in [0.1, 0.15) is 28.9 Å². The van der Waals surface area contributed by atoms with Crippen molar-refractivity contribution in [2.45, 2.75) is 23.6 Å². The molecule has 2 amide bonds. The van der Waals surface area contributed by atoms with Gasteiger partial charge in [-0.15, -0.1) is 0 Å². The van der Waals surface area contributed by atoms with Crippen LogP contribution in [0.3, 0.4) is 0 Å². The summed E-state index contributed by atoms with van der Waals surface area (Å²) in [7, 11) is -2.80. The van der Waals surface area contributed by atoms with E-state index in [-0.39, 0.29) is 23.7 Å². The molecule has 5 rings (SSSR count). The van der Waals surface area contributed by atoms with E-state index < -0.39 is 34.1 Å². The summed E-state index contributed by atoms with van der Waals surface area (Å²) in [6, 6.07) is 14.8. The first-order valence-electron chi connectivity index (χ1n) is 10.2. The Labute approximate surface area is 189 Å². The molecule has 0 saturated carbocycles. The molecule has 3 heterocycles. The number of carbonyl (C=O) groups excluding carboxylic acids is 2. The van der Waals surface area contributed by atoms with E-state index in [1.807, 2.05) is 30.3 Å². The number of benzene rings is 2. The van der Waals surface area contributed by atoms with Crippen molar-refractivity contribution in [2.24, 2.45) is 0 Å². The largest absolute Gasteiger partial charge is 0.467 e. The summed E-state index contributed by atoms with van der Waals surface area (Å²) in [6.07, 6.45) is 1.34. The molecule has 2 aliphatic rings. The molecule has 3 aromatic rings. The van der Waals surface area contributed by atoms with E-state index in [1.165, 1.54) is 35.4 Å². The zero-order chi connectivity index (χ0) is 23.2. The fraction of sp³-hybridized carbons (Fsp3) is 0.227. The maximum Gasteiger partial charge on any atom is 0.345 e. The minimum atomic E-state index is -4.00. The number of ether oxygens (including phenoxy) is 1. The van der Waals surface area contributed by atoms with Crippen molar-refractivity contribution >= 4 is 22.0 Å². The molecule has 2 atom stereocenters. The van der Waals surface area contributed by atoms with Crippen LogP contribution >= 0.6 is 0 Å². The molecule has 0 aliphatic carbocycles. The molecule has 170 valence electrons. The number of esters is 1. The third kappa shape index (κ3) is 3.45. The first-order valence-corrected chi connectivity index (χ1v) is 11.6. The van der Waals surface area contributed by atoms with Gasteiger partial charge in [0.1, 0.15) is 18.3 Å². The second-order valence-electron chi connectivity index (χ2n) is 7.62. The summed E-state index contributed by atoms with van der Waals surface area (Å²) >= 11 is 0. The van der Waals surface area contributed by atoms with Gasteiger partial charge >= 0.3 is 12.0 Å². The first kappa shape index (κ1) is 21.2. The van der Waals surface area contributed by atoms with Crippen LogP contribution in [0.15, 0.2) is 71.8 Å². The minimum Gasteiger partial charge on any atom is -0.467 e. The van der Waals surface area contributed by atoms with Gasteiger partial charge in [0.25, 0.3) is 10.0 Å². The van der Waals surface area contributed by atoms with Crippen molar-refractivity contribution in [1.29, 1.82) is 0 Å². The molecule has 33 heavy (non-hydrogen) atoms. The fourth-order valence-electron chi connectivity index (χ4n) is 4.07. The number of methoxy groups -OCH3 is 1. The summed E-state index contributed by atoms with van der Waals surface area (Å²) in [4.78, 5) is 32.8. The van der Waals surface area contributed by atoms with Gasteiger partial charge in [-0.2, -0.15) is 22.7 Å². The number of hydrogen-bond acceptors (Lipinski definition) is 7. The van der Waals surface area contributed by atoms with Crippen LogP contribution in [0, 0.1) is 0 Å². The van der Waals surface area contributed by atoms with E-state index in [4.69, 9.17) is 9.57 Å². The Bertz CT molecular complexity index is 1310. The van der Waals surface area contributed by atoms with Crippen LogP contribution < -0.4 is 0 Å². The molecule has 1 aromatic heterocycles. The molecular formula is C22H20N4O6S. The highest BCUT2D eigenvalue weighted by molar-refractivity contribution is 7.89. The maximum atomic E-state index is 13.1. The van der Waals surface area contributed by atoms with Gasteiger partial charge in [-0.3, -0.25) is 4.84 Å². The highest BCUT2D eigenvalue weighted by Crippen LogP contribution is 2.44. The average Bonchev–Trinajstić information content (AvgIpc) is 3.41. The zero-order valence-electron chi connectivity index (χ0n) is 17.6. The van der Waals surface area contributed by atoms with Crippen molar-refractivity contribution in [3.8, 4) is 0 Å². The van der Waals surface area contributed by atoms with E-state index >= 15 is 0 Å². The fourth-order valence-corrected chi connectivity index (χ4v) is 5.24. The van der Waals surface area contributed by atoms with Gasteiger partial charge in [-0.05, 0) is 17.7 Å². The predicted octanol–water partition coefficient (Wildman–Crippen LogP) is 2.26. The lowest BCUT2D eigenvalue weighted by Crippen LogP contribution is -2.39. The normalized spacial score (nSPS) is 19.5. The number of nitrogens with zero attached hydrogens (tertiary/aromatic N) is 4. The number of carbonyl (C=O) groups is 2. The molecule has 10 nitrogen and oxygen atoms in total. The Hall–Kier alpha value is -3.70. The molecule has 2 aromatic carbocycles. The highest BCUT2D eigenvalue weighted by atomic mass is 32.2. The van der Waals surface area contributed by atoms with E-state index in [0.29, 0.717) is 5.56 Å². The van der Waals surface area contributed by atoms with E-state index in [0.717, 1.165) is 9.65 Å². The Morgan fingerprint density at radius 1 is 1.09 bits per heavy atom. The minimum absolute atomic E-state index is 0.0539. The molecule has 11 heteroatoms. The van der Waals surface area contributed by atoms with Crippen molar-refractivity contribution in [2.75, 3.05) is 13.7 Å². The Kier molecular flexibility index (Phi) is 5.14. The number of hydroxylamine groups is 2. The standard InChI is InChI=1S/C22H20N4O6S/c1-31-21(27)20-19-17(12-25(23-19)33(29,30)16-10-6-3-7-11-16)18-13-24(20)22(28)26(18)32-14-15-8-4-2-5-9-15/h2-12,18,20H,13-14H2,1H3/t18-,20?/m1/s1. The Morgan fingerprint density at radius 2 is 1.76 bits per heavy atom. The van der Waals surface area contributed by atoms with E-state index in [9.17, 15) is 18.0 Å². The molecule has 0 N–H and O–H groups in total. The van der Waals surface area contributed by atoms with Crippen molar-refractivity contribution in [3.63, 3.8) is 0 Å². The summed E-state index contributed by atoms with van der Waals surface area (Å²) in [6.45, 7) is 0.267. The Morgan fingerprint density at radius 3 is 2.42 bits per heavy atom. The van der Waals surface area contributed by atoms with Gasteiger partial charge in [0.15, 0.2) is 6.04 Å². The van der Waals surface area contributed by atoms with Crippen molar-refractivity contribution < 1.29 is 27.6 Å². The maximum absolute atomic E-state index is 13.1. The SMILES string of the molecule is COC(=O)C1c2nn(S(=O)(=O)c3ccccc3)cc2[C@H]2CN1C(=O)N2OCc1ccccc1. The molecule has 1 unspecified atom stereocenters. The molecule has 2 aliphatic heterocycles. The lowest BCUT2D eigenvalue weighted by Gasteiger charge is -2.27. The van der Waals surface area contributed by atoms with Gasteiger partial charge in [0, 0.05) is 11.8 Å². The van der Waals surface area contributed by atoms with Gasteiger partial charge in [-0.1, -0.05) is 48.5 Å². The molecule has 1 fully saturated rings. The lowest BCUT2D eigenvalue weighted by molar-refractivity contribution is -0.146. The average molecular weight is 468 g/mol. The van der Waals surface area contributed by atoms with Crippen LogP contribution in [0.4, 0.5) is 4.79 Å². The molecular weight excluding hydrogens is 448 g/mol. The molecule has 0 radical (unpaired) electrons. The van der Waals surface area contributed by atoms with Crippen molar-refractivity contribution in [1.82, 2.24) is 19.1 Å². The number of rotatable bonds is 6. The summed E-state index contributed by atoms with van der Waals surface area (Å²) in [5, 5.41) is 5.41. The van der Waals surface area contributed by atoms with Crippen LogP contribution in [-0.2, 0) is 31.0 Å². The number of hydrogen-bond donors (Lipinski definition) is 0. The third-order valence-electron chi connectivity index (χ3n) is 5.69. The second kappa shape index (κ2) is 8.01. The zero-order valence-corrected chi connectivity index (χ0v) is 18.4. The number of amides is 2. The van der Waals surface area contributed by atoms with Gasteiger partial charge in [0.2, 0.25) is 0 Å². The second-order valence-corrected chi connectivity index (χ2v) is 9.42. The topological polar surface area (TPSA) is 111 Å². The molecule has 0 spiro atoms. The molecule has 2 bridgehead atoms. The highest BCUT2D eigenvalue weighted by Gasteiger charge is 2.53. The van der Waals surface area contributed by atoms with E-state index in [2.05, 4.69) is 5.10 Å². The summed E-state index contributed by atoms with van der Waals surface area (Å²) < 4.78 is 32.0. The Balaban J connectivity index is 1.54. The predicted molar refractivity (Wildman–Crippen MR) is 114 cm³/mol.